The molecule has 0 amide bonds. The number of nitrogens with zero attached hydrogens (tertiary/aromatic N) is 3. The summed E-state index contributed by atoms with van der Waals surface area (Å²) in [6.45, 7) is 2.93. The van der Waals surface area contributed by atoms with Crippen molar-refractivity contribution in [1.82, 2.24) is 14.7 Å². The molecule has 0 unspecified atom stereocenters. The van der Waals surface area contributed by atoms with E-state index in [1.807, 2.05) is 49.5 Å². The first kappa shape index (κ1) is 14.4. The van der Waals surface area contributed by atoms with Crippen molar-refractivity contribution in [2.45, 2.75) is 19.8 Å². The molecule has 4 nitrogen and oxygen atoms in total. The molecule has 114 valence electrons. The Bertz CT molecular complexity index is 713. The van der Waals surface area contributed by atoms with Crippen molar-refractivity contribution in [2.75, 3.05) is 13.6 Å². The van der Waals surface area contributed by atoms with Crippen LogP contribution in [0.4, 0.5) is 0 Å². The second-order valence-electron chi connectivity index (χ2n) is 5.51. The van der Waals surface area contributed by atoms with Crippen molar-refractivity contribution in [3.63, 3.8) is 0 Å². The molecule has 0 fully saturated rings. The number of allylic oxidation sites excluding steroid dienone is 2. The summed E-state index contributed by atoms with van der Waals surface area (Å²) in [4.78, 5) is 2.07. The molecule has 1 aromatic carbocycles. The molecule has 22 heavy (non-hydrogen) atoms. The summed E-state index contributed by atoms with van der Waals surface area (Å²) in [5.41, 5.74) is 2.82. The molecule has 0 aliphatic carbocycles. The Morgan fingerprint density at radius 2 is 2.00 bits per heavy atom. The maximum atomic E-state index is 10.7. The highest BCUT2D eigenvalue weighted by atomic mass is 16.3. The summed E-state index contributed by atoms with van der Waals surface area (Å²) in [6, 6.07) is 10.0. The van der Waals surface area contributed by atoms with Gasteiger partial charge in [-0.15, -0.1) is 0 Å². The second-order valence-corrected chi connectivity index (χ2v) is 5.51. The normalized spacial score (nSPS) is 14.3. The lowest BCUT2D eigenvalue weighted by atomic mass is 10.0. The van der Waals surface area contributed by atoms with E-state index in [4.69, 9.17) is 5.10 Å². The average molecular weight is 295 g/mol. The SMILES string of the molecule is CCCc1c(-c2ccccc2)nn(C2=CC=CCN2C)c1O. The van der Waals surface area contributed by atoms with Gasteiger partial charge in [0.2, 0.25) is 5.88 Å². The van der Waals surface area contributed by atoms with Gasteiger partial charge in [0.1, 0.15) is 5.82 Å². The minimum Gasteiger partial charge on any atom is -0.493 e. The number of aromatic nitrogens is 2. The summed E-state index contributed by atoms with van der Waals surface area (Å²) >= 11 is 0. The molecule has 0 spiro atoms. The number of rotatable bonds is 4. The van der Waals surface area contributed by atoms with Gasteiger partial charge < -0.3 is 10.0 Å². The summed E-state index contributed by atoms with van der Waals surface area (Å²) < 4.78 is 1.65. The molecule has 0 saturated carbocycles. The van der Waals surface area contributed by atoms with Crippen LogP contribution in [0.2, 0.25) is 0 Å². The fraction of sp³-hybridized carbons (Fsp3) is 0.278. The molecule has 0 radical (unpaired) electrons. The summed E-state index contributed by atoms with van der Waals surface area (Å²) in [5, 5.41) is 15.4. The van der Waals surface area contributed by atoms with Crippen LogP contribution < -0.4 is 0 Å². The highest BCUT2D eigenvalue weighted by molar-refractivity contribution is 5.67. The van der Waals surface area contributed by atoms with E-state index >= 15 is 0 Å². The molecule has 2 aromatic rings. The van der Waals surface area contributed by atoms with Crippen molar-refractivity contribution >= 4 is 5.82 Å². The predicted molar refractivity (Wildman–Crippen MR) is 89.4 cm³/mol. The van der Waals surface area contributed by atoms with Crippen LogP contribution >= 0.6 is 0 Å². The van der Waals surface area contributed by atoms with E-state index in [0.29, 0.717) is 0 Å². The topological polar surface area (TPSA) is 41.3 Å². The summed E-state index contributed by atoms with van der Waals surface area (Å²) in [7, 11) is 2.00. The van der Waals surface area contributed by atoms with E-state index in [9.17, 15) is 5.11 Å². The van der Waals surface area contributed by atoms with Crippen molar-refractivity contribution in [2.24, 2.45) is 0 Å². The quantitative estimate of drug-likeness (QED) is 0.938. The molecule has 1 aliphatic rings. The van der Waals surface area contributed by atoms with Gasteiger partial charge in [-0.2, -0.15) is 9.78 Å². The highest BCUT2D eigenvalue weighted by Crippen LogP contribution is 2.33. The van der Waals surface area contributed by atoms with Gasteiger partial charge in [0.05, 0.1) is 5.69 Å². The van der Waals surface area contributed by atoms with Crippen molar-refractivity contribution in [3.05, 3.63) is 54.1 Å². The first-order chi connectivity index (χ1) is 10.7. The standard InChI is InChI=1S/C18H21N3O/c1-3-9-15-17(14-10-5-4-6-11-14)19-21(18(15)22)16-12-7-8-13-20(16)2/h4-8,10-12,22H,3,9,13H2,1-2H3. The van der Waals surface area contributed by atoms with E-state index in [-0.39, 0.29) is 5.88 Å². The third-order valence-corrected chi connectivity index (χ3v) is 3.87. The Hall–Kier alpha value is -2.49. The maximum Gasteiger partial charge on any atom is 0.219 e. The Kier molecular flexibility index (Phi) is 4.00. The molecule has 0 saturated heterocycles. The lowest BCUT2D eigenvalue weighted by molar-refractivity contribution is 0.405. The Morgan fingerprint density at radius 3 is 2.68 bits per heavy atom. The van der Waals surface area contributed by atoms with Crippen LogP contribution in [0.15, 0.2) is 48.6 Å². The molecule has 4 heteroatoms. The molecular formula is C18H21N3O. The zero-order valence-corrected chi connectivity index (χ0v) is 13.0. The molecule has 1 aromatic heterocycles. The van der Waals surface area contributed by atoms with E-state index < -0.39 is 0 Å². The fourth-order valence-electron chi connectivity index (χ4n) is 2.74. The zero-order chi connectivity index (χ0) is 15.5. The predicted octanol–water partition coefficient (Wildman–Crippen LogP) is 3.51. The third-order valence-electron chi connectivity index (χ3n) is 3.87. The van der Waals surface area contributed by atoms with Gasteiger partial charge in [-0.1, -0.05) is 55.8 Å². The molecule has 2 heterocycles. The van der Waals surface area contributed by atoms with Crippen molar-refractivity contribution < 1.29 is 5.11 Å². The first-order valence-electron chi connectivity index (χ1n) is 7.67. The van der Waals surface area contributed by atoms with Crippen LogP contribution in [-0.4, -0.2) is 33.4 Å². The monoisotopic (exact) mass is 295 g/mol. The minimum absolute atomic E-state index is 0.245. The van der Waals surface area contributed by atoms with Crippen LogP contribution in [0.1, 0.15) is 18.9 Å². The first-order valence-corrected chi connectivity index (χ1v) is 7.67. The zero-order valence-electron chi connectivity index (χ0n) is 13.0. The van der Waals surface area contributed by atoms with Gasteiger partial charge >= 0.3 is 0 Å². The van der Waals surface area contributed by atoms with Crippen LogP contribution in [0.5, 0.6) is 5.88 Å². The van der Waals surface area contributed by atoms with E-state index in [0.717, 1.165) is 42.0 Å². The smallest absolute Gasteiger partial charge is 0.219 e. The van der Waals surface area contributed by atoms with Gasteiger partial charge in [-0.05, 0) is 12.5 Å². The number of likely N-dealkylation sites (N-methyl/N-ethyl adjacent to an activating group) is 1. The molecular weight excluding hydrogens is 274 g/mol. The number of benzene rings is 1. The van der Waals surface area contributed by atoms with Gasteiger partial charge in [-0.25, -0.2) is 0 Å². The summed E-state index contributed by atoms with van der Waals surface area (Å²) in [6.07, 6.45) is 7.82. The number of hydrogen-bond acceptors (Lipinski definition) is 3. The van der Waals surface area contributed by atoms with Crippen LogP contribution in [0.3, 0.4) is 0 Å². The Morgan fingerprint density at radius 1 is 1.23 bits per heavy atom. The largest absolute Gasteiger partial charge is 0.493 e. The fourth-order valence-corrected chi connectivity index (χ4v) is 2.74. The maximum absolute atomic E-state index is 10.7. The second kappa shape index (κ2) is 6.10. The lowest BCUT2D eigenvalue weighted by Crippen LogP contribution is -2.23. The highest BCUT2D eigenvalue weighted by Gasteiger charge is 2.21. The average Bonchev–Trinajstić information content (AvgIpc) is 2.86. The lowest BCUT2D eigenvalue weighted by Gasteiger charge is -2.23. The molecule has 3 rings (SSSR count). The van der Waals surface area contributed by atoms with Crippen LogP contribution in [0.25, 0.3) is 17.1 Å². The summed E-state index contributed by atoms with van der Waals surface area (Å²) in [5.74, 6) is 1.13. The molecule has 1 N–H and O–H groups in total. The van der Waals surface area contributed by atoms with E-state index in [1.165, 1.54) is 0 Å². The van der Waals surface area contributed by atoms with Crippen molar-refractivity contribution in [1.29, 1.82) is 0 Å². The number of aromatic hydroxyl groups is 1. The van der Waals surface area contributed by atoms with E-state index in [1.54, 1.807) is 4.68 Å². The molecule has 1 aliphatic heterocycles. The van der Waals surface area contributed by atoms with E-state index in [2.05, 4.69) is 17.9 Å². The van der Waals surface area contributed by atoms with Gasteiger partial charge in [0, 0.05) is 24.7 Å². The van der Waals surface area contributed by atoms with Crippen molar-refractivity contribution in [3.8, 4) is 17.1 Å². The van der Waals surface area contributed by atoms with Gasteiger partial charge in [0.15, 0.2) is 0 Å². The Labute approximate surface area is 131 Å². The molecule has 0 bridgehead atoms. The van der Waals surface area contributed by atoms with Crippen LogP contribution in [-0.2, 0) is 6.42 Å². The third kappa shape index (κ3) is 2.52. The number of hydrogen-bond donors (Lipinski definition) is 1. The minimum atomic E-state index is 0.245. The molecule has 0 atom stereocenters. The van der Waals surface area contributed by atoms with Gasteiger partial charge in [-0.3, -0.25) is 0 Å². The van der Waals surface area contributed by atoms with Gasteiger partial charge in [0.25, 0.3) is 0 Å². The van der Waals surface area contributed by atoms with Crippen LogP contribution in [0, 0.1) is 0 Å². The Balaban J connectivity index is 2.13.